The highest BCUT2D eigenvalue weighted by atomic mass is 32.1. The third-order valence-electron chi connectivity index (χ3n) is 3.78. The smallest absolute Gasteiger partial charge is 0.00461 e. The zero-order valence-electron chi connectivity index (χ0n) is 9.49. The summed E-state index contributed by atoms with van der Waals surface area (Å²) in [4.78, 5) is 0. The topological polar surface area (TPSA) is 26.0 Å². The van der Waals surface area contributed by atoms with Gasteiger partial charge in [-0.3, -0.25) is 0 Å². The summed E-state index contributed by atoms with van der Waals surface area (Å²) in [7, 11) is 0. The molecule has 84 valence electrons. The van der Waals surface area contributed by atoms with Crippen LogP contribution in [0.2, 0.25) is 0 Å². The van der Waals surface area contributed by atoms with E-state index in [2.05, 4.69) is 23.8 Å². The van der Waals surface area contributed by atoms with Gasteiger partial charge in [-0.15, -0.1) is 0 Å². The van der Waals surface area contributed by atoms with Crippen LogP contribution in [0.1, 0.15) is 31.7 Å². The first-order valence-corrected chi connectivity index (χ1v) is 6.95. The molecule has 1 aromatic heterocycles. The van der Waals surface area contributed by atoms with Gasteiger partial charge >= 0.3 is 0 Å². The first-order valence-electron chi connectivity index (χ1n) is 6.00. The van der Waals surface area contributed by atoms with E-state index in [9.17, 15) is 0 Å². The van der Waals surface area contributed by atoms with Gasteiger partial charge in [-0.2, -0.15) is 11.3 Å². The first-order chi connectivity index (χ1) is 7.29. The van der Waals surface area contributed by atoms with Crippen LogP contribution in [0.3, 0.4) is 0 Å². The summed E-state index contributed by atoms with van der Waals surface area (Å²) in [6, 6.07) is 2.26. The highest BCUT2D eigenvalue weighted by Crippen LogP contribution is 2.35. The number of hydrogen-bond donors (Lipinski definition) is 1. The second-order valence-corrected chi connectivity index (χ2v) is 5.79. The summed E-state index contributed by atoms with van der Waals surface area (Å²) in [5.41, 5.74) is 7.38. The second kappa shape index (κ2) is 5.13. The lowest BCUT2D eigenvalue weighted by Gasteiger charge is -2.34. The molecule has 1 fully saturated rings. The first kappa shape index (κ1) is 11.2. The Morgan fingerprint density at radius 1 is 1.40 bits per heavy atom. The van der Waals surface area contributed by atoms with E-state index in [-0.39, 0.29) is 0 Å². The van der Waals surface area contributed by atoms with Crippen molar-refractivity contribution in [3.63, 3.8) is 0 Å². The van der Waals surface area contributed by atoms with Crippen molar-refractivity contribution >= 4 is 11.3 Å². The Balaban J connectivity index is 1.98. The second-order valence-electron chi connectivity index (χ2n) is 5.01. The molecule has 0 aliphatic heterocycles. The quantitative estimate of drug-likeness (QED) is 0.836. The Morgan fingerprint density at radius 3 is 2.93 bits per heavy atom. The molecule has 1 heterocycles. The zero-order chi connectivity index (χ0) is 10.7. The molecule has 1 nitrogen and oxygen atoms in total. The number of thiophene rings is 1. The fraction of sp³-hybridized carbons (Fsp3) is 0.692. The van der Waals surface area contributed by atoms with E-state index in [1.54, 1.807) is 11.3 Å². The number of hydrogen-bond acceptors (Lipinski definition) is 2. The van der Waals surface area contributed by atoms with Gasteiger partial charge in [0.2, 0.25) is 0 Å². The summed E-state index contributed by atoms with van der Waals surface area (Å²) in [6.45, 7) is 3.26. The minimum atomic E-state index is 0.765. The molecule has 1 aliphatic rings. The van der Waals surface area contributed by atoms with Gasteiger partial charge < -0.3 is 5.73 Å². The van der Waals surface area contributed by atoms with Gasteiger partial charge in [0.25, 0.3) is 0 Å². The molecule has 1 aromatic rings. The van der Waals surface area contributed by atoms with Crippen molar-refractivity contribution < 1.29 is 0 Å². The third kappa shape index (κ3) is 2.82. The van der Waals surface area contributed by atoms with E-state index < -0.39 is 0 Å². The molecule has 1 saturated carbocycles. The maximum absolute atomic E-state index is 5.87. The maximum Gasteiger partial charge on any atom is -0.00461 e. The van der Waals surface area contributed by atoms with Crippen LogP contribution in [0.4, 0.5) is 0 Å². The third-order valence-corrected chi connectivity index (χ3v) is 4.51. The summed E-state index contributed by atoms with van der Waals surface area (Å²) in [5.74, 6) is 2.49. The predicted octanol–water partition coefficient (Wildman–Crippen LogP) is 3.30. The van der Waals surface area contributed by atoms with Gasteiger partial charge in [0.1, 0.15) is 0 Å². The molecule has 1 aliphatic carbocycles. The molecule has 3 unspecified atom stereocenters. The zero-order valence-corrected chi connectivity index (χ0v) is 10.3. The van der Waals surface area contributed by atoms with Crippen LogP contribution in [0.25, 0.3) is 0 Å². The molecule has 2 N–H and O–H groups in total. The fourth-order valence-corrected chi connectivity index (χ4v) is 3.51. The molecule has 0 radical (unpaired) electrons. The lowest BCUT2D eigenvalue weighted by atomic mass is 9.72. The van der Waals surface area contributed by atoms with Crippen molar-refractivity contribution in [1.82, 2.24) is 0 Å². The summed E-state index contributed by atoms with van der Waals surface area (Å²) < 4.78 is 0. The van der Waals surface area contributed by atoms with Gasteiger partial charge in [0, 0.05) is 0 Å². The van der Waals surface area contributed by atoms with Crippen LogP contribution in [-0.4, -0.2) is 6.54 Å². The monoisotopic (exact) mass is 223 g/mol. The van der Waals surface area contributed by atoms with Crippen molar-refractivity contribution in [3.05, 3.63) is 22.4 Å². The van der Waals surface area contributed by atoms with Crippen molar-refractivity contribution in [2.45, 2.75) is 32.6 Å². The maximum atomic E-state index is 5.87. The van der Waals surface area contributed by atoms with Crippen LogP contribution in [0, 0.1) is 17.8 Å². The molecule has 3 atom stereocenters. The van der Waals surface area contributed by atoms with Crippen LogP contribution in [0.5, 0.6) is 0 Å². The van der Waals surface area contributed by atoms with Crippen molar-refractivity contribution in [2.24, 2.45) is 23.5 Å². The Hall–Kier alpha value is -0.340. The Labute approximate surface area is 96.7 Å². The molecule has 0 bridgehead atoms. The Kier molecular flexibility index (Phi) is 3.81. The lowest BCUT2D eigenvalue weighted by Crippen LogP contribution is -2.30. The summed E-state index contributed by atoms with van der Waals surface area (Å²) >= 11 is 1.81. The minimum Gasteiger partial charge on any atom is -0.330 e. The van der Waals surface area contributed by atoms with Gasteiger partial charge in [-0.1, -0.05) is 13.3 Å². The number of rotatable bonds is 3. The van der Waals surface area contributed by atoms with E-state index in [0.717, 1.165) is 24.3 Å². The molecule has 0 amide bonds. The lowest BCUT2D eigenvalue weighted by molar-refractivity contribution is 0.193. The molecular weight excluding hydrogens is 202 g/mol. The van der Waals surface area contributed by atoms with E-state index in [1.807, 2.05) is 0 Å². The van der Waals surface area contributed by atoms with E-state index in [0.29, 0.717) is 0 Å². The van der Waals surface area contributed by atoms with Crippen molar-refractivity contribution in [2.75, 3.05) is 6.54 Å². The van der Waals surface area contributed by atoms with Crippen LogP contribution in [0.15, 0.2) is 16.8 Å². The van der Waals surface area contributed by atoms with Crippen LogP contribution >= 0.6 is 11.3 Å². The average Bonchev–Trinajstić information content (AvgIpc) is 2.71. The predicted molar refractivity (Wildman–Crippen MR) is 67.1 cm³/mol. The molecule has 15 heavy (non-hydrogen) atoms. The van der Waals surface area contributed by atoms with Gasteiger partial charge in [-0.25, -0.2) is 0 Å². The summed E-state index contributed by atoms with van der Waals surface area (Å²) in [6.07, 6.45) is 5.34. The van der Waals surface area contributed by atoms with Crippen LogP contribution in [-0.2, 0) is 6.42 Å². The van der Waals surface area contributed by atoms with Crippen LogP contribution < -0.4 is 5.73 Å². The fourth-order valence-electron chi connectivity index (χ4n) is 2.83. The van der Waals surface area contributed by atoms with E-state index in [1.165, 1.54) is 31.2 Å². The molecule has 0 saturated heterocycles. The van der Waals surface area contributed by atoms with Crippen molar-refractivity contribution in [3.8, 4) is 0 Å². The average molecular weight is 223 g/mol. The van der Waals surface area contributed by atoms with Gasteiger partial charge in [0.05, 0.1) is 0 Å². The largest absolute Gasteiger partial charge is 0.330 e. The van der Waals surface area contributed by atoms with E-state index >= 15 is 0 Å². The molecule has 2 heteroatoms. The van der Waals surface area contributed by atoms with E-state index in [4.69, 9.17) is 5.73 Å². The Bertz CT molecular complexity index is 281. The molecule has 0 aromatic carbocycles. The molecule has 0 spiro atoms. The molecular formula is C13H21NS. The standard InChI is InChI=1S/C13H21NS/c1-10-2-3-12(8-14)13(6-10)7-11-4-5-15-9-11/h4-5,9-10,12-13H,2-3,6-8,14H2,1H3. The van der Waals surface area contributed by atoms with Gasteiger partial charge in [-0.05, 0) is 66.0 Å². The van der Waals surface area contributed by atoms with Crippen molar-refractivity contribution in [1.29, 1.82) is 0 Å². The normalized spacial score (nSPS) is 31.7. The van der Waals surface area contributed by atoms with Gasteiger partial charge in [0.15, 0.2) is 0 Å². The SMILES string of the molecule is CC1CCC(CN)C(Cc2ccsc2)C1. The Morgan fingerprint density at radius 2 is 2.27 bits per heavy atom. The number of nitrogens with two attached hydrogens (primary N) is 1. The summed E-state index contributed by atoms with van der Waals surface area (Å²) in [5, 5.41) is 4.46. The minimum absolute atomic E-state index is 0.765. The highest BCUT2D eigenvalue weighted by molar-refractivity contribution is 7.07. The molecule has 2 rings (SSSR count). The highest BCUT2D eigenvalue weighted by Gasteiger charge is 2.27.